The Morgan fingerprint density at radius 3 is 1.59 bits per heavy atom. The van der Waals surface area contributed by atoms with Crippen LogP contribution in [-0.2, 0) is 4.79 Å². The number of hydrogen-bond donors (Lipinski definition) is 1. The predicted octanol–water partition coefficient (Wildman–Crippen LogP) is 3.13. The molecule has 1 fully saturated rings. The Kier molecular flexibility index (Phi) is 4.83. The van der Waals surface area contributed by atoms with Crippen LogP contribution < -0.4 is 0 Å². The Hall–Kier alpha value is -0.990. The molecule has 1 aliphatic heterocycles. The molecule has 0 aromatic heterocycles. The van der Waals surface area contributed by atoms with E-state index in [1.54, 1.807) is 20.8 Å². The highest BCUT2D eigenvalue weighted by Crippen LogP contribution is 2.50. The molecule has 0 aromatic carbocycles. The van der Waals surface area contributed by atoms with Crippen LogP contribution in [0, 0.1) is 11.3 Å². The molecule has 0 saturated carbocycles. The Morgan fingerprint density at radius 1 is 0.955 bits per heavy atom. The summed E-state index contributed by atoms with van der Waals surface area (Å²) in [5, 5.41) is 9.34. The number of carbonyl (C=O) groups excluding carboxylic acids is 1. The summed E-state index contributed by atoms with van der Waals surface area (Å²) in [6, 6.07) is 0. The Labute approximate surface area is 124 Å². The van der Waals surface area contributed by atoms with Gasteiger partial charge in [-0.2, -0.15) is 26.3 Å². The third kappa shape index (κ3) is 3.33. The summed E-state index contributed by atoms with van der Waals surface area (Å²) in [7, 11) is 0. The van der Waals surface area contributed by atoms with Gasteiger partial charge < -0.3 is 10.0 Å². The van der Waals surface area contributed by atoms with Gasteiger partial charge in [-0.05, 0) is 12.8 Å². The van der Waals surface area contributed by atoms with Crippen molar-refractivity contribution >= 4 is 5.91 Å². The van der Waals surface area contributed by atoms with Crippen LogP contribution in [0.25, 0.3) is 0 Å². The van der Waals surface area contributed by atoms with E-state index in [1.807, 2.05) is 0 Å². The van der Waals surface area contributed by atoms with Crippen LogP contribution in [0.2, 0.25) is 0 Å². The average molecular weight is 335 g/mol. The maximum absolute atomic E-state index is 12.8. The van der Waals surface area contributed by atoms with Gasteiger partial charge in [0.2, 0.25) is 5.91 Å². The molecule has 1 saturated heterocycles. The summed E-state index contributed by atoms with van der Waals surface area (Å²) in [6.45, 7) is 4.36. The normalized spacial score (nSPS) is 19.5. The van der Waals surface area contributed by atoms with Crippen molar-refractivity contribution in [3.63, 3.8) is 0 Å². The number of likely N-dealkylation sites (tertiary alicyclic amines) is 1. The second kappa shape index (κ2) is 5.58. The number of amides is 1. The SMILES string of the molecule is CC(C)(C)C(=O)N1CCC(C(O)(C(F)(F)F)C(F)(F)F)CC1. The van der Waals surface area contributed by atoms with E-state index in [9.17, 15) is 36.2 Å². The molecular weight excluding hydrogens is 316 g/mol. The summed E-state index contributed by atoms with van der Waals surface area (Å²) < 4.78 is 76.7. The Bertz CT molecular complexity index is 402. The Balaban J connectivity index is 2.92. The molecule has 1 aliphatic rings. The van der Waals surface area contributed by atoms with Gasteiger partial charge in [0.05, 0.1) is 0 Å². The van der Waals surface area contributed by atoms with E-state index >= 15 is 0 Å². The van der Waals surface area contributed by atoms with E-state index in [-0.39, 0.29) is 19.0 Å². The first kappa shape index (κ1) is 19.1. The van der Waals surface area contributed by atoms with Gasteiger partial charge in [-0.25, -0.2) is 0 Å². The molecule has 9 heteroatoms. The molecule has 0 spiro atoms. The minimum absolute atomic E-state index is 0.241. The standard InChI is InChI=1S/C13H19F6NO2/c1-10(2,3)9(21)20-6-4-8(5-7-20)11(22,12(14,15)16)13(17,18)19/h8,22H,4-7H2,1-3H3. The summed E-state index contributed by atoms with van der Waals surface area (Å²) in [5.74, 6) is -2.36. The first-order chi connectivity index (χ1) is 9.62. The Morgan fingerprint density at radius 2 is 1.32 bits per heavy atom. The number of piperidine rings is 1. The third-order valence-corrected chi connectivity index (χ3v) is 3.88. The van der Waals surface area contributed by atoms with E-state index in [0.717, 1.165) is 0 Å². The smallest absolute Gasteiger partial charge is 0.373 e. The summed E-state index contributed by atoms with van der Waals surface area (Å²) in [6.07, 6.45) is -12.7. The zero-order valence-electron chi connectivity index (χ0n) is 12.5. The molecule has 1 heterocycles. The average Bonchev–Trinajstić information content (AvgIpc) is 2.33. The van der Waals surface area contributed by atoms with Crippen molar-refractivity contribution in [1.29, 1.82) is 0 Å². The monoisotopic (exact) mass is 335 g/mol. The van der Waals surface area contributed by atoms with Crippen molar-refractivity contribution < 1.29 is 36.2 Å². The number of halogens is 6. The highest BCUT2D eigenvalue weighted by atomic mass is 19.4. The van der Waals surface area contributed by atoms with Crippen LogP contribution in [-0.4, -0.2) is 47.0 Å². The van der Waals surface area contributed by atoms with Gasteiger partial charge in [0.1, 0.15) is 0 Å². The first-order valence-electron chi connectivity index (χ1n) is 6.77. The van der Waals surface area contributed by atoms with Crippen LogP contribution in [0.1, 0.15) is 33.6 Å². The van der Waals surface area contributed by atoms with E-state index in [4.69, 9.17) is 0 Å². The second-order valence-electron chi connectivity index (χ2n) is 6.58. The maximum atomic E-state index is 12.8. The zero-order chi connectivity index (χ0) is 17.6. The van der Waals surface area contributed by atoms with Gasteiger partial charge >= 0.3 is 12.4 Å². The van der Waals surface area contributed by atoms with Crippen LogP contribution in [0.5, 0.6) is 0 Å². The van der Waals surface area contributed by atoms with Gasteiger partial charge in [-0.15, -0.1) is 0 Å². The van der Waals surface area contributed by atoms with Crippen LogP contribution >= 0.6 is 0 Å². The minimum atomic E-state index is -5.81. The third-order valence-electron chi connectivity index (χ3n) is 3.88. The molecule has 0 unspecified atom stereocenters. The van der Waals surface area contributed by atoms with Gasteiger partial charge in [0.15, 0.2) is 0 Å². The molecule has 1 rings (SSSR count). The van der Waals surface area contributed by atoms with Crippen molar-refractivity contribution in [3.8, 4) is 0 Å². The second-order valence-corrected chi connectivity index (χ2v) is 6.58. The van der Waals surface area contributed by atoms with Gasteiger partial charge in [-0.1, -0.05) is 20.8 Å². The number of nitrogens with zero attached hydrogens (tertiary/aromatic N) is 1. The van der Waals surface area contributed by atoms with Crippen LogP contribution in [0.15, 0.2) is 0 Å². The van der Waals surface area contributed by atoms with E-state index in [0.29, 0.717) is 0 Å². The molecule has 0 atom stereocenters. The highest BCUT2D eigenvalue weighted by molar-refractivity contribution is 5.81. The van der Waals surface area contributed by atoms with Crippen molar-refractivity contribution in [1.82, 2.24) is 4.90 Å². The quantitative estimate of drug-likeness (QED) is 0.748. The van der Waals surface area contributed by atoms with E-state index in [1.165, 1.54) is 4.90 Å². The first-order valence-corrected chi connectivity index (χ1v) is 6.77. The lowest BCUT2D eigenvalue weighted by atomic mass is 9.78. The fourth-order valence-corrected chi connectivity index (χ4v) is 2.60. The lowest BCUT2D eigenvalue weighted by Gasteiger charge is -2.43. The number of hydrogen-bond acceptors (Lipinski definition) is 2. The topological polar surface area (TPSA) is 40.5 Å². The van der Waals surface area contributed by atoms with Crippen LogP contribution in [0.4, 0.5) is 26.3 Å². The molecule has 0 radical (unpaired) electrons. The number of rotatable bonds is 1. The van der Waals surface area contributed by atoms with Crippen molar-refractivity contribution in [2.75, 3.05) is 13.1 Å². The molecule has 0 aromatic rings. The number of aliphatic hydroxyl groups is 1. The molecule has 3 nitrogen and oxygen atoms in total. The molecule has 0 aliphatic carbocycles. The van der Waals surface area contributed by atoms with Gasteiger partial charge in [0, 0.05) is 24.4 Å². The minimum Gasteiger partial charge on any atom is -0.373 e. The highest BCUT2D eigenvalue weighted by Gasteiger charge is 2.73. The molecular formula is C13H19F6NO2. The fourth-order valence-electron chi connectivity index (χ4n) is 2.60. The van der Waals surface area contributed by atoms with Gasteiger partial charge in [0.25, 0.3) is 5.60 Å². The number of carbonyl (C=O) groups is 1. The number of alkyl halides is 6. The predicted molar refractivity (Wildman–Crippen MR) is 65.8 cm³/mol. The van der Waals surface area contributed by atoms with Crippen molar-refractivity contribution in [2.24, 2.45) is 11.3 Å². The summed E-state index contributed by atoms with van der Waals surface area (Å²) >= 11 is 0. The summed E-state index contributed by atoms with van der Waals surface area (Å²) in [5.41, 5.74) is -5.51. The van der Waals surface area contributed by atoms with Gasteiger partial charge in [-0.3, -0.25) is 4.79 Å². The lowest BCUT2D eigenvalue weighted by Crippen LogP contribution is -2.63. The van der Waals surface area contributed by atoms with Crippen molar-refractivity contribution in [3.05, 3.63) is 0 Å². The fraction of sp³-hybridized carbons (Fsp3) is 0.923. The molecule has 1 amide bonds. The molecule has 22 heavy (non-hydrogen) atoms. The lowest BCUT2D eigenvalue weighted by molar-refractivity contribution is -0.387. The van der Waals surface area contributed by atoms with Crippen molar-refractivity contribution in [2.45, 2.75) is 51.6 Å². The summed E-state index contributed by atoms with van der Waals surface area (Å²) in [4.78, 5) is 13.2. The molecule has 0 bridgehead atoms. The largest absolute Gasteiger partial charge is 0.426 e. The zero-order valence-corrected chi connectivity index (χ0v) is 12.5. The van der Waals surface area contributed by atoms with Crippen LogP contribution in [0.3, 0.4) is 0 Å². The maximum Gasteiger partial charge on any atom is 0.426 e. The molecule has 130 valence electrons. The van der Waals surface area contributed by atoms with E-state index in [2.05, 4.69) is 0 Å². The molecule has 1 N–H and O–H groups in total. The van der Waals surface area contributed by atoms with E-state index < -0.39 is 42.1 Å².